The summed E-state index contributed by atoms with van der Waals surface area (Å²) in [5.74, 6) is -0.753. The highest BCUT2D eigenvalue weighted by Gasteiger charge is 2.50. The Morgan fingerprint density at radius 2 is 1.81 bits per heavy atom. The fourth-order valence-corrected chi connectivity index (χ4v) is 3.89. The van der Waals surface area contributed by atoms with Gasteiger partial charge < -0.3 is 9.53 Å². The Kier molecular flexibility index (Phi) is 5.76. The molecule has 0 radical (unpaired) electrons. The zero-order valence-corrected chi connectivity index (χ0v) is 16.2. The van der Waals surface area contributed by atoms with Crippen molar-refractivity contribution in [3.05, 3.63) is 70.7 Å². The number of aliphatic imine (C=N–C) groups is 1. The van der Waals surface area contributed by atoms with Gasteiger partial charge in [-0.05, 0) is 43.0 Å². The van der Waals surface area contributed by atoms with Gasteiger partial charge in [0.25, 0.3) is 0 Å². The number of Topliss-reactive ketones (excluding diaryl/α,β-unsaturated/α-hetero) is 1. The summed E-state index contributed by atoms with van der Waals surface area (Å²) in [6.45, 7) is 1.54. The predicted molar refractivity (Wildman–Crippen MR) is 106 cm³/mol. The van der Waals surface area contributed by atoms with Gasteiger partial charge in [-0.15, -0.1) is 0 Å². The Hall–Kier alpha value is -2.46. The minimum absolute atomic E-state index is 0.0160. The molecule has 2 atom stereocenters. The molecule has 140 valence electrons. The molecule has 1 heterocycles. The maximum Gasteiger partial charge on any atom is 0.334 e. The quantitative estimate of drug-likeness (QED) is 0.685. The molecule has 0 saturated heterocycles. The van der Waals surface area contributed by atoms with Crippen molar-refractivity contribution in [2.45, 2.75) is 37.6 Å². The number of rotatable bonds is 6. The topological polar surface area (TPSA) is 55.7 Å². The second kappa shape index (κ2) is 8.05. The lowest BCUT2D eigenvalue weighted by Crippen LogP contribution is -2.42. The van der Waals surface area contributed by atoms with Crippen LogP contribution in [-0.2, 0) is 14.3 Å². The lowest BCUT2D eigenvalue weighted by atomic mass is 9.75. The van der Waals surface area contributed by atoms with E-state index in [1.165, 1.54) is 7.11 Å². The number of hydrogen-bond donors (Lipinski definition) is 0. The summed E-state index contributed by atoms with van der Waals surface area (Å²) in [5.41, 5.74) is 1.58. The molecule has 3 rings (SSSR count). The fourth-order valence-electron chi connectivity index (χ4n) is 3.77. The molecular formula is C22H22ClNO3. The standard InChI is InChI=1S/C22H22ClNO3/c1-15(25)14-19(16-6-4-3-5-7-16)22(21(26)27-2)13-12-20(24-22)17-8-10-18(23)11-9-17/h3-11,19H,12-14H2,1-2H3/t19-,22+/m1/s1. The molecule has 0 aromatic heterocycles. The molecule has 0 fully saturated rings. The number of methoxy groups -OCH3 is 1. The minimum Gasteiger partial charge on any atom is -0.467 e. The molecule has 2 aromatic rings. The van der Waals surface area contributed by atoms with Crippen LogP contribution in [0.3, 0.4) is 0 Å². The van der Waals surface area contributed by atoms with Crippen LogP contribution in [0.15, 0.2) is 59.6 Å². The molecule has 27 heavy (non-hydrogen) atoms. The smallest absolute Gasteiger partial charge is 0.334 e. The summed E-state index contributed by atoms with van der Waals surface area (Å²) in [4.78, 5) is 29.8. The first-order valence-corrected chi connectivity index (χ1v) is 9.31. The summed E-state index contributed by atoms with van der Waals surface area (Å²) in [6.07, 6.45) is 1.37. The Bertz CT molecular complexity index is 861. The number of ketones is 1. The normalized spacial score (nSPS) is 20.0. The third-order valence-corrected chi connectivity index (χ3v) is 5.32. The van der Waals surface area contributed by atoms with E-state index in [0.717, 1.165) is 16.8 Å². The van der Waals surface area contributed by atoms with Crippen molar-refractivity contribution in [1.29, 1.82) is 0 Å². The van der Waals surface area contributed by atoms with Crippen molar-refractivity contribution < 1.29 is 14.3 Å². The second-order valence-corrected chi connectivity index (χ2v) is 7.29. The molecule has 0 unspecified atom stereocenters. The first-order valence-electron chi connectivity index (χ1n) is 8.94. The zero-order chi connectivity index (χ0) is 19.4. The Morgan fingerprint density at radius 1 is 1.15 bits per heavy atom. The highest BCUT2D eigenvalue weighted by atomic mass is 35.5. The van der Waals surface area contributed by atoms with Crippen LogP contribution in [0.4, 0.5) is 0 Å². The van der Waals surface area contributed by atoms with Crippen LogP contribution < -0.4 is 0 Å². The molecule has 0 aliphatic carbocycles. The van der Waals surface area contributed by atoms with E-state index in [4.69, 9.17) is 21.3 Å². The van der Waals surface area contributed by atoms with E-state index >= 15 is 0 Å². The van der Waals surface area contributed by atoms with Gasteiger partial charge >= 0.3 is 5.97 Å². The Morgan fingerprint density at radius 3 is 2.41 bits per heavy atom. The number of hydrogen-bond acceptors (Lipinski definition) is 4. The number of esters is 1. The first kappa shape index (κ1) is 19.3. The minimum atomic E-state index is -1.10. The monoisotopic (exact) mass is 383 g/mol. The number of nitrogens with zero attached hydrogens (tertiary/aromatic N) is 1. The van der Waals surface area contributed by atoms with Crippen LogP contribution in [0, 0.1) is 0 Å². The molecule has 0 spiro atoms. The van der Waals surface area contributed by atoms with Crippen molar-refractivity contribution in [3.8, 4) is 0 Å². The van der Waals surface area contributed by atoms with Crippen LogP contribution in [0.2, 0.25) is 5.02 Å². The van der Waals surface area contributed by atoms with Crippen molar-refractivity contribution in [1.82, 2.24) is 0 Å². The molecule has 0 amide bonds. The number of halogens is 1. The van der Waals surface area contributed by atoms with Gasteiger partial charge in [0.15, 0.2) is 5.54 Å². The van der Waals surface area contributed by atoms with Crippen molar-refractivity contribution in [3.63, 3.8) is 0 Å². The summed E-state index contributed by atoms with van der Waals surface area (Å²) in [5, 5.41) is 0.648. The van der Waals surface area contributed by atoms with Crippen molar-refractivity contribution in [2.75, 3.05) is 7.11 Å². The summed E-state index contributed by atoms with van der Waals surface area (Å²) in [6, 6.07) is 17.0. The SMILES string of the molecule is COC(=O)[C@@]1([C@H](CC(C)=O)c2ccccc2)CCC(c2ccc(Cl)cc2)=N1. The highest BCUT2D eigenvalue weighted by Crippen LogP contribution is 2.43. The molecule has 5 heteroatoms. The molecule has 0 N–H and O–H groups in total. The fraction of sp³-hybridized carbons (Fsp3) is 0.318. The van der Waals surface area contributed by atoms with Crippen LogP contribution in [0.25, 0.3) is 0 Å². The van der Waals surface area contributed by atoms with Gasteiger partial charge in [-0.25, -0.2) is 4.79 Å². The lowest BCUT2D eigenvalue weighted by Gasteiger charge is -2.32. The summed E-state index contributed by atoms with van der Waals surface area (Å²) < 4.78 is 5.15. The third-order valence-electron chi connectivity index (χ3n) is 5.06. The number of carbonyl (C=O) groups is 2. The maximum atomic E-state index is 12.9. The molecule has 2 aromatic carbocycles. The molecule has 0 bridgehead atoms. The van der Waals surface area contributed by atoms with Crippen LogP contribution in [0.1, 0.15) is 43.2 Å². The Labute approximate surface area is 164 Å². The van der Waals surface area contributed by atoms with Crippen molar-refractivity contribution >= 4 is 29.1 Å². The van der Waals surface area contributed by atoms with Gasteiger partial charge in [0, 0.05) is 23.1 Å². The van der Waals surface area contributed by atoms with Crippen LogP contribution in [0.5, 0.6) is 0 Å². The van der Waals surface area contributed by atoms with Gasteiger partial charge in [0.1, 0.15) is 5.78 Å². The van der Waals surface area contributed by atoms with Gasteiger partial charge in [-0.2, -0.15) is 0 Å². The van der Waals surface area contributed by atoms with E-state index in [-0.39, 0.29) is 18.1 Å². The largest absolute Gasteiger partial charge is 0.467 e. The van der Waals surface area contributed by atoms with Gasteiger partial charge in [0.05, 0.1) is 7.11 Å². The van der Waals surface area contributed by atoms with Gasteiger partial charge in [0.2, 0.25) is 0 Å². The van der Waals surface area contributed by atoms with E-state index in [1.54, 1.807) is 6.92 Å². The Balaban J connectivity index is 2.10. The number of benzene rings is 2. The molecule has 4 nitrogen and oxygen atoms in total. The van der Waals surface area contributed by atoms with Crippen LogP contribution in [-0.4, -0.2) is 30.1 Å². The van der Waals surface area contributed by atoms with E-state index in [1.807, 2.05) is 54.6 Å². The average Bonchev–Trinajstić information content (AvgIpc) is 3.13. The lowest BCUT2D eigenvalue weighted by molar-refractivity contribution is -0.148. The summed E-state index contributed by atoms with van der Waals surface area (Å²) >= 11 is 5.98. The van der Waals surface area contributed by atoms with Crippen LogP contribution >= 0.6 is 11.6 Å². The van der Waals surface area contributed by atoms with E-state index in [2.05, 4.69) is 0 Å². The van der Waals surface area contributed by atoms with Crippen molar-refractivity contribution in [2.24, 2.45) is 4.99 Å². The average molecular weight is 384 g/mol. The molecule has 1 aliphatic heterocycles. The van der Waals surface area contributed by atoms with Gasteiger partial charge in [-0.1, -0.05) is 54.1 Å². The van der Waals surface area contributed by atoms with E-state index in [0.29, 0.717) is 17.9 Å². The number of carbonyl (C=O) groups excluding carboxylic acids is 2. The highest BCUT2D eigenvalue weighted by molar-refractivity contribution is 6.30. The third kappa shape index (κ3) is 3.96. The first-order chi connectivity index (χ1) is 13.0. The second-order valence-electron chi connectivity index (χ2n) is 6.85. The zero-order valence-electron chi connectivity index (χ0n) is 15.4. The summed E-state index contributed by atoms with van der Waals surface area (Å²) in [7, 11) is 1.37. The molecular weight excluding hydrogens is 362 g/mol. The molecule has 0 saturated carbocycles. The maximum absolute atomic E-state index is 12.9. The number of ether oxygens (including phenoxy) is 1. The van der Waals surface area contributed by atoms with E-state index < -0.39 is 11.5 Å². The predicted octanol–water partition coefficient (Wildman–Crippen LogP) is 4.60. The molecule has 1 aliphatic rings. The van der Waals surface area contributed by atoms with Gasteiger partial charge in [-0.3, -0.25) is 4.99 Å². The van der Waals surface area contributed by atoms with E-state index in [9.17, 15) is 9.59 Å².